The van der Waals surface area contributed by atoms with Crippen molar-refractivity contribution in [3.8, 4) is 11.4 Å². The van der Waals surface area contributed by atoms with Crippen molar-refractivity contribution in [1.82, 2.24) is 9.55 Å². The number of nitrogen functional groups attached to an aromatic ring is 1. The molecule has 0 aliphatic rings. The second kappa shape index (κ2) is 4.83. The second-order valence-corrected chi connectivity index (χ2v) is 5.47. The molecule has 2 aromatic carbocycles. The molecule has 1 aromatic heterocycles. The number of nitrogens with two attached hydrogens (primary N) is 1. The Morgan fingerprint density at radius 1 is 1.20 bits per heavy atom. The Hall–Kier alpha value is -2.01. The first-order chi connectivity index (χ1) is 9.60. The average molecular weight is 332 g/mol. The minimum absolute atomic E-state index is 0.468. The van der Waals surface area contributed by atoms with E-state index in [1.807, 2.05) is 41.8 Å². The van der Waals surface area contributed by atoms with Crippen LogP contribution in [0.3, 0.4) is 0 Å². The zero-order valence-electron chi connectivity index (χ0n) is 11.2. The summed E-state index contributed by atoms with van der Waals surface area (Å²) < 4.78 is 8.16. The van der Waals surface area contributed by atoms with Gasteiger partial charge in [-0.05, 0) is 52.7 Å². The third-order valence-electron chi connectivity index (χ3n) is 3.23. The number of benzene rings is 2. The monoisotopic (exact) mass is 331 g/mol. The van der Waals surface area contributed by atoms with E-state index in [2.05, 4.69) is 27.0 Å². The lowest BCUT2D eigenvalue weighted by atomic mass is 10.2. The number of fused-ring (bicyclic) bond motifs is 1. The van der Waals surface area contributed by atoms with E-state index in [-0.39, 0.29) is 0 Å². The predicted octanol–water partition coefficient (Wildman–Crippen LogP) is 3.69. The van der Waals surface area contributed by atoms with Crippen molar-refractivity contribution in [2.75, 3.05) is 12.8 Å². The molecule has 2 N–H and O–H groups in total. The van der Waals surface area contributed by atoms with E-state index >= 15 is 0 Å². The van der Waals surface area contributed by atoms with E-state index < -0.39 is 0 Å². The van der Waals surface area contributed by atoms with Crippen molar-refractivity contribution in [2.45, 2.75) is 6.92 Å². The number of hydrogen-bond acceptors (Lipinski definition) is 3. The number of hydrogen-bond donors (Lipinski definition) is 1. The number of rotatable bonds is 2. The molecule has 20 heavy (non-hydrogen) atoms. The van der Waals surface area contributed by atoms with Crippen LogP contribution in [-0.2, 0) is 0 Å². The molecule has 0 unspecified atom stereocenters. The van der Waals surface area contributed by atoms with Gasteiger partial charge in [-0.2, -0.15) is 0 Å². The van der Waals surface area contributed by atoms with Crippen LogP contribution in [0.4, 0.5) is 5.95 Å². The van der Waals surface area contributed by atoms with E-state index in [9.17, 15) is 0 Å². The molecule has 3 aromatic rings. The summed E-state index contributed by atoms with van der Waals surface area (Å²) in [7, 11) is 1.64. The third-order valence-corrected chi connectivity index (χ3v) is 3.88. The molecule has 0 radical (unpaired) electrons. The Kier molecular flexibility index (Phi) is 3.14. The highest BCUT2D eigenvalue weighted by atomic mass is 79.9. The first-order valence-corrected chi connectivity index (χ1v) is 6.98. The number of methoxy groups -OCH3 is 1. The molecule has 4 nitrogen and oxygen atoms in total. The standard InChI is InChI=1S/C15H14BrN3O/c1-9-3-6-13-12(7-9)18-15(17)19(13)10-4-5-11(16)14(8-10)20-2/h3-8H,1-2H3,(H2,17,18). The van der Waals surface area contributed by atoms with Crippen LogP contribution in [0.15, 0.2) is 40.9 Å². The molecule has 0 saturated heterocycles. The molecule has 0 spiro atoms. The number of aryl methyl sites for hydroxylation is 1. The maximum Gasteiger partial charge on any atom is 0.205 e. The summed E-state index contributed by atoms with van der Waals surface area (Å²) in [5.41, 5.74) is 10.0. The van der Waals surface area contributed by atoms with Gasteiger partial charge in [-0.3, -0.25) is 4.57 Å². The Bertz CT molecular complexity index is 795. The number of halogens is 1. The largest absolute Gasteiger partial charge is 0.495 e. The normalized spacial score (nSPS) is 10.9. The topological polar surface area (TPSA) is 53.1 Å². The molecule has 102 valence electrons. The summed E-state index contributed by atoms with van der Waals surface area (Å²) in [4.78, 5) is 4.42. The highest BCUT2D eigenvalue weighted by Gasteiger charge is 2.11. The minimum Gasteiger partial charge on any atom is -0.495 e. The molecule has 5 heteroatoms. The van der Waals surface area contributed by atoms with E-state index in [1.165, 1.54) is 0 Å². The Morgan fingerprint density at radius 2 is 2.00 bits per heavy atom. The molecule has 0 aliphatic heterocycles. The summed E-state index contributed by atoms with van der Waals surface area (Å²) in [6.07, 6.45) is 0. The van der Waals surface area contributed by atoms with Crippen molar-refractivity contribution in [1.29, 1.82) is 0 Å². The van der Waals surface area contributed by atoms with Gasteiger partial charge in [-0.15, -0.1) is 0 Å². The average Bonchev–Trinajstić information content (AvgIpc) is 2.74. The van der Waals surface area contributed by atoms with Crippen molar-refractivity contribution >= 4 is 32.9 Å². The quantitative estimate of drug-likeness (QED) is 0.779. The van der Waals surface area contributed by atoms with Crippen LogP contribution >= 0.6 is 15.9 Å². The molecule has 0 bridgehead atoms. The molecule has 3 rings (SSSR count). The van der Waals surface area contributed by atoms with E-state index in [0.717, 1.165) is 32.5 Å². The van der Waals surface area contributed by atoms with Crippen LogP contribution in [-0.4, -0.2) is 16.7 Å². The smallest absolute Gasteiger partial charge is 0.205 e. The van der Waals surface area contributed by atoms with Gasteiger partial charge in [0.25, 0.3) is 0 Å². The van der Waals surface area contributed by atoms with Gasteiger partial charge < -0.3 is 10.5 Å². The Morgan fingerprint density at radius 3 is 2.75 bits per heavy atom. The first kappa shape index (κ1) is 13.0. The highest BCUT2D eigenvalue weighted by Crippen LogP contribution is 2.30. The lowest BCUT2D eigenvalue weighted by Crippen LogP contribution is -2.01. The van der Waals surface area contributed by atoms with Crippen LogP contribution in [0, 0.1) is 6.92 Å². The van der Waals surface area contributed by atoms with Gasteiger partial charge in [0, 0.05) is 6.07 Å². The fourth-order valence-corrected chi connectivity index (χ4v) is 2.68. The highest BCUT2D eigenvalue weighted by molar-refractivity contribution is 9.10. The van der Waals surface area contributed by atoms with E-state index in [4.69, 9.17) is 10.5 Å². The van der Waals surface area contributed by atoms with Crippen LogP contribution < -0.4 is 10.5 Å². The van der Waals surface area contributed by atoms with Crippen LogP contribution in [0.5, 0.6) is 5.75 Å². The van der Waals surface area contributed by atoms with E-state index in [1.54, 1.807) is 7.11 Å². The molecule has 1 heterocycles. The first-order valence-electron chi connectivity index (χ1n) is 6.18. The van der Waals surface area contributed by atoms with Crippen molar-refractivity contribution in [3.05, 3.63) is 46.4 Å². The second-order valence-electron chi connectivity index (χ2n) is 4.62. The number of imidazole rings is 1. The third kappa shape index (κ3) is 2.04. The van der Waals surface area contributed by atoms with Crippen molar-refractivity contribution < 1.29 is 4.74 Å². The zero-order valence-corrected chi connectivity index (χ0v) is 12.8. The maximum atomic E-state index is 6.06. The summed E-state index contributed by atoms with van der Waals surface area (Å²) in [6.45, 7) is 2.04. The molecule has 0 atom stereocenters. The summed E-state index contributed by atoms with van der Waals surface area (Å²) >= 11 is 3.45. The van der Waals surface area contributed by atoms with Gasteiger partial charge in [0.05, 0.1) is 28.3 Å². The number of ether oxygens (including phenoxy) is 1. The van der Waals surface area contributed by atoms with Crippen LogP contribution in [0.25, 0.3) is 16.7 Å². The van der Waals surface area contributed by atoms with Crippen LogP contribution in [0.1, 0.15) is 5.56 Å². The summed E-state index contributed by atoms with van der Waals surface area (Å²) in [5.74, 6) is 1.23. The fraction of sp³-hybridized carbons (Fsp3) is 0.133. The van der Waals surface area contributed by atoms with Gasteiger partial charge in [-0.25, -0.2) is 4.98 Å². The Labute approximate surface area is 125 Å². The molecule has 0 amide bonds. The van der Waals surface area contributed by atoms with Gasteiger partial charge in [0.2, 0.25) is 5.95 Å². The number of aromatic nitrogens is 2. The molecular formula is C15H14BrN3O. The number of anilines is 1. The number of nitrogens with zero attached hydrogens (tertiary/aromatic N) is 2. The zero-order chi connectivity index (χ0) is 14.3. The van der Waals surface area contributed by atoms with Gasteiger partial charge in [-0.1, -0.05) is 6.07 Å². The maximum absolute atomic E-state index is 6.06. The Balaban J connectivity index is 2.26. The van der Waals surface area contributed by atoms with E-state index in [0.29, 0.717) is 5.95 Å². The van der Waals surface area contributed by atoms with Crippen molar-refractivity contribution in [2.24, 2.45) is 0 Å². The molecular weight excluding hydrogens is 318 g/mol. The molecule has 0 fully saturated rings. The van der Waals surface area contributed by atoms with Gasteiger partial charge >= 0.3 is 0 Å². The summed E-state index contributed by atoms with van der Waals surface area (Å²) in [6, 6.07) is 12.0. The molecule has 0 saturated carbocycles. The summed E-state index contributed by atoms with van der Waals surface area (Å²) in [5, 5.41) is 0. The van der Waals surface area contributed by atoms with Gasteiger partial charge in [0.15, 0.2) is 0 Å². The van der Waals surface area contributed by atoms with Gasteiger partial charge in [0.1, 0.15) is 5.75 Å². The van der Waals surface area contributed by atoms with Crippen molar-refractivity contribution in [3.63, 3.8) is 0 Å². The lowest BCUT2D eigenvalue weighted by Gasteiger charge is -2.10. The minimum atomic E-state index is 0.468. The van der Waals surface area contributed by atoms with Crippen LogP contribution in [0.2, 0.25) is 0 Å². The SMILES string of the molecule is COc1cc(-n2c(N)nc3cc(C)ccc32)ccc1Br. The molecule has 0 aliphatic carbocycles. The fourth-order valence-electron chi connectivity index (χ4n) is 2.27. The lowest BCUT2D eigenvalue weighted by molar-refractivity contribution is 0.412. The predicted molar refractivity (Wildman–Crippen MR) is 84.5 cm³/mol.